The monoisotopic (exact) mass is 511 g/mol. The molecule has 1 aliphatic carbocycles. The summed E-state index contributed by atoms with van der Waals surface area (Å²) in [4.78, 5) is 21.5. The normalized spacial score (nSPS) is 18.1. The van der Waals surface area contributed by atoms with E-state index in [1.165, 1.54) is 0 Å². The van der Waals surface area contributed by atoms with Crippen molar-refractivity contribution in [2.24, 2.45) is 0 Å². The lowest BCUT2D eigenvalue weighted by Gasteiger charge is -2.41. The SMILES string of the molecule is CCS(=O)(=O)Nc1cccc(-c2cc(C#N)c(N3CCN(C(=O)CCOC)C(C)C3)nc2C2CC2)c1. The second-order valence-corrected chi connectivity index (χ2v) is 11.4. The van der Waals surface area contributed by atoms with Crippen LogP contribution in [0.5, 0.6) is 0 Å². The van der Waals surface area contributed by atoms with Gasteiger partial charge in [0, 0.05) is 50.0 Å². The number of nitrogens with zero attached hydrogens (tertiary/aromatic N) is 4. The third kappa shape index (κ3) is 5.79. The first-order valence-electron chi connectivity index (χ1n) is 12.4. The Labute approximate surface area is 213 Å². The van der Waals surface area contributed by atoms with E-state index < -0.39 is 10.0 Å². The Kier molecular flexibility index (Phi) is 7.81. The summed E-state index contributed by atoms with van der Waals surface area (Å²) in [5.41, 5.74) is 3.58. The van der Waals surface area contributed by atoms with Gasteiger partial charge in [0.15, 0.2) is 0 Å². The van der Waals surface area contributed by atoms with Crippen LogP contribution in [0.2, 0.25) is 0 Å². The van der Waals surface area contributed by atoms with Gasteiger partial charge in [0.2, 0.25) is 15.9 Å². The Morgan fingerprint density at radius 3 is 2.69 bits per heavy atom. The molecule has 1 aromatic heterocycles. The fourth-order valence-corrected chi connectivity index (χ4v) is 5.23. The molecule has 1 amide bonds. The fraction of sp³-hybridized carbons (Fsp3) is 0.500. The van der Waals surface area contributed by atoms with Gasteiger partial charge >= 0.3 is 0 Å². The van der Waals surface area contributed by atoms with Crippen LogP contribution >= 0.6 is 0 Å². The van der Waals surface area contributed by atoms with Gasteiger partial charge in [-0.1, -0.05) is 12.1 Å². The Morgan fingerprint density at radius 1 is 1.28 bits per heavy atom. The number of rotatable bonds is 9. The highest BCUT2D eigenvalue weighted by atomic mass is 32.2. The Hall–Kier alpha value is -3.16. The predicted octanol–water partition coefficient (Wildman–Crippen LogP) is 3.33. The lowest BCUT2D eigenvalue weighted by molar-refractivity contribution is -0.134. The Balaban J connectivity index is 1.64. The molecule has 1 aromatic carbocycles. The smallest absolute Gasteiger partial charge is 0.232 e. The highest BCUT2D eigenvalue weighted by molar-refractivity contribution is 7.92. The van der Waals surface area contributed by atoms with Gasteiger partial charge in [-0.05, 0) is 50.5 Å². The number of ether oxygens (including phenoxy) is 1. The number of hydrogen-bond donors (Lipinski definition) is 1. The molecule has 1 unspecified atom stereocenters. The number of carbonyl (C=O) groups excluding carboxylic acids is 1. The van der Waals surface area contributed by atoms with Crippen molar-refractivity contribution < 1.29 is 17.9 Å². The van der Waals surface area contributed by atoms with Crippen LogP contribution in [0.1, 0.15) is 50.3 Å². The zero-order valence-corrected chi connectivity index (χ0v) is 21.8. The van der Waals surface area contributed by atoms with Crippen molar-refractivity contribution in [3.8, 4) is 17.2 Å². The van der Waals surface area contributed by atoms with E-state index in [0.29, 0.717) is 55.6 Å². The Bertz CT molecular complexity index is 1270. The molecule has 1 saturated carbocycles. The van der Waals surface area contributed by atoms with Crippen LogP contribution in [0.15, 0.2) is 30.3 Å². The van der Waals surface area contributed by atoms with E-state index in [1.54, 1.807) is 32.2 Å². The number of amides is 1. The first-order valence-corrected chi connectivity index (χ1v) is 14.0. The van der Waals surface area contributed by atoms with E-state index in [1.807, 2.05) is 24.0 Å². The zero-order chi connectivity index (χ0) is 25.9. The van der Waals surface area contributed by atoms with Crippen molar-refractivity contribution in [1.82, 2.24) is 9.88 Å². The number of benzene rings is 1. The second-order valence-electron chi connectivity index (χ2n) is 9.39. The van der Waals surface area contributed by atoms with Crippen LogP contribution in [-0.2, 0) is 19.6 Å². The average Bonchev–Trinajstić information content (AvgIpc) is 3.72. The average molecular weight is 512 g/mol. The number of aromatic nitrogens is 1. The van der Waals surface area contributed by atoms with Crippen molar-refractivity contribution in [1.29, 1.82) is 5.26 Å². The standard InChI is InChI=1S/C26H33N5O4S/c1-4-36(33,34)29-22-7-5-6-20(14-22)23-15-21(16-27)26(28-25(23)19-8-9-19)30-11-12-31(18(2)17-30)24(32)10-13-35-3/h5-7,14-15,18-19,29H,4,8-13,17H2,1-3H3. The van der Waals surface area contributed by atoms with Crippen LogP contribution in [0.25, 0.3) is 11.1 Å². The molecule has 2 fully saturated rings. The van der Waals surface area contributed by atoms with Crippen molar-refractivity contribution in [3.05, 3.63) is 41.6 Å². The quantitative estimate of drug-likeness (QED) is 0.549. The first kappa shape index (κ1) is 25.9. The number of hydrogen-bond acceptors (Lipinski definition) is 7. The predicted molar refractivity (Wildman–Crippen MR) is 139 cm³/mol. The molecule has 1 saturated heterocycles. The van der Waals surface area contributed by atoms with Crippen molar-refractivity contribution >= 4 is 27.4 Å². The third-order valence-electron chi connectivity index (χ3n) is 6.71. The number of piperazine rings is 1. The molecular formula is C26H33N5O4S. The first-order chi connectivity index (χ1) is 17.3. The molecule has 10 heteroatoms. The topological polar surface area (TPSA) is 116 Å². The van der Waals surface area contributed by atoms with Gasteiger partial charge in [0.25, 0.3) is 0 Å². The van der Waals surface area contributed by atoms with Gasteiger partial charge in [-0.15, -0.1) is 0 Å². The van der Waals surface area contributed by atoms with Crippen LogP contribution in [0.3, 0.4) is 0 Å². The molecule has 0 bridgehead atoms. The van der Waals surface area contributed by atoms with E-state index in [-0.39, 0.29) is 17.7 Å². The summed E-state index contributed by atoms with van der Waals surface area (Å²) in [6, 6.07) is 11.4. The summed E-state index contributed by atoms with van der Waals surface area (Å²) < 4.78 is 31.8. The van der Waals surface area contributed by atoms with E-state index in [2.05, 4.69) is 15.7 Å². The molecule has 192 valence electrons. The van der Waals surface area contributed by atoms with Crippen molar-refractivity contribution in [2.45, 2.75) is 45.1 Å². The largest absolute Gasteiger partial charge is 0.384 e. The van der Waals surface area contributed by atoms with Gasteiger partial charge in [0.05, 0.1) is 30.0 Å². The molecule has 1 atom stereocenters. The minimum atomic E-state index is -3.40. The zero-order valence-electron chi connectivity index (χ0n) is 21.0. The van der Waals surface area contributed by atoms with Crippen molar-refractivity contribution in [2.75, 3.05) is 48.7 Å². The number of nitriles is 1. The molecule has 4 rings (SSSR count). The second kappa shape index (κ2) is 10.8. The maximum Gasteiger partial charge on any atom is 0.232 e. The van der Waals surface area contributed by atoms with E-state index in [0.717, 1.165) is 29.7 Å². The maximum absolute atomic E-state index is 12.5. The third-order valence-corrected chi connectivity index (χ3v) is 8.02. The van der Waals surface area contributed by atoms with Crippen LogP contribution < -0.4 is 9.62 Å². The summed E-state index contributed by atoms with van der Waals surface area (Å²) >= 11 is 0. The number of nitrogens with one attached hydrogen (secondary N) is 1. The number of sulfonamides is 1. The molecule has 2 heterocycles. The van der Waals surface area contributed by atoms with E-state index >= 15 is 0 Å². The fourth-order valence-electron chi connectivity index (χ4n) is 4.60. The molecule has 1 aliphatic heterocycles. The highest BCUT2D eigenvalue weighted by Gasteiger charge is 2.33. The molecule has 2 aliphatic rings. The van der Waals surface area contributed by atoms with Gasteiger partial charge in [0.1, 0.15) is 11.9 Å². The summed E-state index contributed by atoms with van der Waals surface area (Å²) in [5, 5.41) is 10.0. The molecule has 1 N–H and O–H groups in total. The number of pyridine rings is 1. The summed E-state index contributed by atoms with van der Waals surface area (Å²) in [6.45, 7) is 5.77. The molecule has 0 radical (unpaired) electrons. The van der Waals surface area contributed by atoms with Gasteiger partial charge in [-0.25, -0.2) is 13.4 Å². The van der Waals surface area contributed by atoms with E-state index in [4.69, 9.17) is 9.72 Å². The summed E-state index contributed by atoms with van der Waals surface area (Å²) in [5.74, 6) is 1.03. The summed E-state index contributed by atoms with van der Waals surface area (Å²) in [6.07, 6.45) is 2.42. The number of methoxy groups -OCH3 is 1. The van der Waals surface area contributed by atoms with Crippen LogP contribution in [-0.4, -0.2) is 69.4 Å². The van der Waals surface area contributed by atoms with Crippen LogP contribution in [0, 0.1) is 11.3 Å². The van der Waals surface area contributed by atoms with Gasteiger partial charge in [-0.2, -0.15) is 5.26 Å². The Morgan fingerprint density at radius 2 is 2.06 bits per heavy atom. The minimum absolute atomic E-state index is 0.0104. The van der Waals surface area contributed by atoms with Crippen LogP contribution in [0.4, 0.5) is 11.5 Å². The lowest BCUT2D eigenvalue weighted by atomic mass is 9.98. The molecule has 2 aromatic rings. The molecule has 9 nitrogen and oxygen atoms in total. The van der Waals surface area contributed by atoms with Gasteiger partial charge in [-0.3, -0.25) is 9.52 Å². The van der Waals surface area contributed by atoms with E-state index in [9.17, 15) is 18.5 Å². The molecule has 0 spiro atoms. The van der Waals surface area contributed by atoms with Gasteiger partial charge < -0.3 is 14.5 Å². The maximum atomic E-state index is 12.5. The molecular weight excluding hydrogens is 478 g/mol. The lowest BCUT2D eigenvalue weighted by Crippen LogP contribution is -2.54. The number of carbonyl (C=O) groups is 1. The number of anilines is 2. The molecule has 36 heavy (non-hydrogen) atoms. The highest BCUT2D eigenvalue weighted by Crippen LogP contribution is 2.45. The van der Waals surface area contributed by atoms with Crippen molar-refractivity contribution in [3.63, 3.8) is 0 Å². The minimum Gasteiger partial charge on any atom is -0.384 e. The summed E-state index contributed by atoms with van der Waals surface area (Å²) in [7, 11) is -1.81.